The van der Waals surface area contributed by atoms with E-state index in [0.29, 0.717) is 0 Å². The Bertz CT molecular complexity index is 537. The first-order valence-corrected chi connectivity index (χ1v) is 8.58. The molecule has 0 saturated heterocycles. The van der Waals surface area contributed by atoms with Gasteiger partial charge in [0.1, 0.15) is 0 Å². The highest BCUT2D eigenvalue weighted by molar-refractivity contribution is 5.64. The molecule has 1 unspecified atom stereocenters. The number of rotatable bonds is 8. The fourth-order valence-corrected chi connectivity index (χ4v) is 2.75. The zero-order valence-corrected chi connectivity index (χ0v) is 13.9. The standard InChI is InChI=1S/C21H28O/c1-3-4-5-6-7-8-18-9-11-20(12-10-18)21-15-13-19(14-16-21)17(2)22/h9-17,22H,3-8H2,1-2H3. The van der Waals surface area contributed by atoms with Crippen LogP contribution in [-0.2, 0) is 6.42 Å². The summed E-state index contributed by atoms with van der Waals surface area (Å²) >= 11 is 0. The van der Waals surface area contributed by atoms with E-state index >= 15 is 0 Å². The van der Waals surface area contributed by atoms with Gasteiger partial charge in [-0.25, -0.2) is 0 Å². The molecule has 1 heteroatoms. The molecule has 1 N–H and O–H groups in total. The number of benzene rings is 2. The normalized spacial score (nSPS) is 12.3. The Balaban J connectivity index is 1.91. The summed E-state index contributed by atoms with van der Waals surface area (Å²) in [6.45, 7) is 4.05. The summed E-state index contributed by atoms with van der Waals surface area (Å²) in [5.41, 5.74) is 4.85. The van der Waals surface area contributed by atoms with Crippen LogP contribution in [0.5, 0.6) is 0 Å². The molecule has 0 radical (unpaired) electrons. The minimum atomic E-state index is -0.399. The maximum absolute atomic E-state index is 9.56. The minimum Gasteiger partial charge on any atom is -0.389 e. The van der Waals surface area contributed by atoms with Crippen LogP contribution in [0.1, 0.15) is 63.2 Å². The summed E-state index contributed by atoms with van der Waals surface area (Å²) in [6.07, 6.45) is 7.46. The molecule has 0 aliphatic carbocycles. The van der Waals surface area contributed by atoms with Gasteiger partial charge in [-0.1, -0.05) is 81.1 Å². The topological polar surface area (TPSA) is 20.2 Å². The van der Waals surface area contributed by atoms with E-state index in [2.05, 4.69) is 43.3 Å². The average molecular weight is 296 g/mol. The van der Waals surface area contributed by atoms with E-state index in [1.807, 2.05) is 12.1 Å². The third-order valence-corrected chi connectivity index (χ3v) is 4.25. The molecular weight excluding hydrogens is 268 g/mol. The first kappa shape index (κ1) is 16.8. The van der Waals surface area contributed by atoms with Gasteiger partial charge in [0.2, 0.25) is 0 Å². The van der Waals surface area contributed by atoms with Gasteiger partial charge in [0.05, 0.1) is 6.10 Å². The van der Waals surface area contributed by atoms with Gasteiger partial charge < -0.3 is 5.11 Å². The van der Waals surface area contributed by atoms with Crippen molar-refractivity contribution in [1.82, 2.24) is 0 Å². The maximum Gasteiger partial charge on any atom is 0.0761 e. The van der Waals surface area contributed by atoms with Crippen LogP contribution in [0.15, 0.2) is 48.5 Å². The van der Waals surface area contributed by atoms with Crippen molar-refractivity contribution in [3.05, 3.63) is 59.7 Å². The van der Waals surface area contributed by atoms with Gasteiger partial charge in [-0.3, -0.25) is 0 Å². The Morgan fingerprint density at radius 3 is 1.86 bits per heavy atom. The van der Waals surface area contributed by atoms with Crippen LogP contribution in [-0.4, -0.2) is 5.11 Å². The number of unbranched alkanes of at least 4 members (excludes halogenated alkanes) is 4. The lowest BCUT2D eigenvalue weighted by Crippen LogP contribution is -1.90. The Morgan fingerprint density at radius 2 is 1.32 bits per heavy atom. The molecular formula is C21H28O. The molecule has 0 aliphatic rings. The molecule has 0 saturated carbocycles. The lowest BCUT2D eigenvalue weighted by molar-refractivity contribution is 0.199. The summed E-state index contributed by atoms with van der Waals surface area (Å²) in [7, 11) is 0. The van der Waals surface area contributed by atoms with Crippen LogP contribution in [0.2, 0.25) is 0 Å². The summed E-state index contributed by atoms with van der Waals surface area (Å²) < 4.78 is 0. The zero-order chi connectivity index (χ0) is 15.8. The maximum atomic E-state index is 9.56. The number of hydrogen-bond donors (Lipinski definition) is 1. The molecule has 2 aromatic rings. The molecule has 2 rings (SSSR count). The number of aliphatic hydroxyl groups excluding tert-OH is 1. The number of aryl methyl sites for hydroxylation is 1. The van der Waals surface area contributed by atoms with Gasteiger partial charge in [-0.05, 0) is 42.0 Å². The molecule has 0 heterocycles. The third kappa shape index (κ3) is 4.99. The van der Waals surface area contributed by atoms with Gasteiger partial charge >= 0.3 is 0 Å². The van der Waals surface area contributed by atoms with Crippen LogP contribution < -0.4 is 0 Å². The van der Waals surface area contributed by atoms with E-state index in [1.165, 1.54) is 55.2 Å². The Kier molecular flexibility index (Phi) is 6.67. The highest BCUT2D eigenvalue weighted by Gasteiger charge is 2.02. The van der Waals surface area contributed by atoms with Crippen LogP contribution >= 0.6 is 0 Å². The summed E-state index contributed by atoms with van der Waals surface area (Å²) in [6, 6.07) is 17.1. The quantitative estimate of drug-likeness (QED) is 0.599. The largest absolute Gasteiger partial charge is 0.389 e. The van der Waals surface area contributed by atoms with Crippen molar-refractivity contribution in [1.29, 1.82) is 0 Å². The predicted molar refractivity (Wildman–Crippen MR) is 95.0 cm³/mol. The second-order valence-electron chi connectivity index (χ2n) is 6.16. The highest BCUT2D eigenvalue weighted by Crippen LogP contribution is 2.23. The first-order chi connectivity index (χ1) is 10.7. The van der Waals surface area contributed by atoms with Gasteiger partial charge in [0, 0.05) is 0 Å². The second kappa shape index (κ2) is 8.75. The van der Waals surface area contributed by atoms with E-state index in [1.54, 1.807) is 6.92 Å². The van der Waals surface area contributed by atoms with Gasteiger partial charge in [0.15, 0.2) is 0 Å². The van der Waals surface area contributed by atoms with Crippen molar-refractivity contribution < 1.29 is 5.11 Å². The molecule has 0 spiro atoms. The SMILES string of the molecule is CCCCCCCc1ccc(-c2ccc(C(C)O)cc2)cc1. The monoisotopic (exact) mass is 296 g/mol. The number of hydrogen-bond acceptors (Lipinski definition) is 1. The molecule has 0 fully saturated rings. The third-order valence-electron chi connectivity index (χ3n) is 4.25. The molecule has 1 nitrogen and oxygen atoms in total. The van der Waals surface area contributed by atoms with Crippen molar-refractivity contribution in [3.8, 4) is 11.1 Å². The Hall–Kier alpha value is -1.60. The van der Waals surface area contributed by atoms with Crippen molar-refractivity contribution in [3.63, 3.8) is 0 Å². The minimum absolute atomic E-state index is 0.399. The fourth-order valence-electron chi connectivity index (χ4n) is 2.75. The van der Waals surface area contributed by atoms with Crippen molar-refractivity contribution in [2.45, 2.75) is 58.5 Å². The molecule has 2 aromatic carbocycles. The second-order valence-corrected chi connectivity index (χ2v) is 6.16. The van der Waals surface area contributed by atoms with E-state index in [-0.39, 0.29) is 0 Å². The molecule has 0 aliphatic heterocycles. The van der Waals surface area contributed by atoms with Crippen molar-refractivity contribution >= 4 is 0 Å². The van der Waals surface area contributed by atoms with Crippen molar-refractivity contribution in [2.75, 3.05) is 0 Å². The average Bonchev–Trinajstić information content (AvgIpc) is 2.55. The Morgan fingerprint density at radius 1 is 0.773 bits per heavy atom. The van der Waals surface area contributed by atoms with Gasteiger partial charge in [-0.15, -0.1) is 0 Å². The Labute approximate surface area is 135 Å². The van der Waals surface area contributed by atoms with Crippen LogP contribution in [0, 0.1) is 0 Å². The van der Waals surface area contributed by atoms with Gasteiger partial charge in [-0.2, -0.15) is 0 Å². The van der Waals surface area contributed by atoms with E-state index in [0.717, 1.165) is 5.56 Å². The molecule has 22 heavy (non-hydrogen) atoms. The van der Waals surface area contributed by atoms with Crippen LogP contribution in [0.4, 0.5) is 0 Å². The fraction of sp³-hybridized carbons (Fsp3) is 0.429. The summed E-state index contributed by atoms with van der Waals surface area (Å²) in [4.78, 5) is 0. The van der Waals surface area contributed by atoms with Crippen LogP contribution in [0.25, 0.3) is 11.1 Å². The summed E-state index contributed by atoms with van der Waals surface area (Å²) in [5, 5.41) is 9.56. The van der Waals surface area contributed by atoms with Crippen molar-refractivity contribution in [2.24, 2.45) is 0 Å². The predicted octanol–water partition coefficient (Wildman–Crippen LogP) is 5.92. The zero-order valence-electron chi connectivity index (χ0n) is 13.9. The van der Waals surface area contributed by atoms with Gasteiger partial charge in [0.25, 0.3) is 0 Å². The van der Waals surface area contributed by atoms with E-state index in [9.17, 15) is 5.11 Å². The lowest BCUT2D eigenvalue weighted by Gasteiger charge is -2.08. The van der Waals surface area contributed by atoms with E-state index < -0.39 is 6.10 Å². The highest BCUT2D eigenvalue weighted by atomic mass is 16.3. The van der Waals surface area contributed by atoms with Crippen LogP contribution in [0.3, 0.4) is 0 Å². The molecule has 0 bridgehead atoms. The summed E-state index contributed by atoms with van der Waals surface area (Å²) in [5.74, 6) is 0. The lowest BCUT2D eigenvalue weighted by atomic mass is 9.99. The number of aliphatic hydroxyl groups is 1. The smallest absolute Gasteiger partial charge is 0.0761 e. The first-order valence-electron chi connectivity index (χ1n) is 8.58. The molecule has 0 aromatic heterocycles. The van der Waals surface area contributed by atoms with E-state index in [4.69, 9.17) is 0 Å². The molecule has 1 atom stereocenters. The molecule has 0 amide bonds. The molecule has 118 valence electrons.